The fourth-order valence-electron chi connectivity index (χ4n) is 1.07. The van der Waals surface area contributed by atoms with Crippen LogP contribution in [0.3, 0.4) is 0 Å². The number of carboxylic acid groups (broad SMARTS) is 1. The van der Waals surface area contributed by atoms with Gasteiger partial charge in [0.1, 0.15) is 6.33 Å². The normalized spacial score (nSPS) is 10.5. The van der Waals surface area contributed by atoms with Gasteiger partial charge in [-0.1, -0.05) is 0 Å². The summed E-state index contributed by atoms with van der Waals surface area (Å²) in [6, 6.07) is 1.45. The minimum atomic E-state index is -1.06. The number of fused-ring (bicyclic) bond motifs is 1. The summed E-state index contributed by atoms with van der Waals surface area (Å²) in [5.74, 6) is -0.758. The number of carboxylic acids is 1. The van der Waals surface area contributed by atoms with Gasteiger partial charge >= 0.3 is 5.97 Å². The van der Waals surface area contributed by atoms with Crippen molar-refractivity contribution in [3.8, 4) is 0 Å². The van der Waals surface area contributed by atoms with Gasteiger partial charge in [-0.25, -0.2) is 14.3 Å². The van der Waals surface area contributed by atoms with Crippen molar-refractivity contribution in [1.29, 1.82) is 0 Å². The molecule has 0 aromatic carbocycles. The molecule has 0 bridgehead atoms. The maximum absolute atomic E-state index is 10.6. The molecule has 0 fully saturated rings. The van der Waals surface area contributed by atoms with Crippen LogP contribution in [0.25, 0.3) is 5.78 Å². The smallest absolute Gasteiger partial charge is 0.354 e. The molecule has 2 aromatic rings. The lowest BCUT2D eigenvalue weighted by molar-refractivity contribution is 0.0690. The van der Waals surface area contributed by atoms with E-state index in [0.29, 0.717) is 11.5 Å². The highest BCUT2D eigenvalue weighted by Gasteiger charge is 2.08. The first-order valence-corrected chi connectivity index (χ1v) is 3.59. The van der Waals surface area contributed by atoms with Gasteiger partial charge in [-0.15, -0.1) is 0 Å². The van der Waals surface area contributed by atoms with E-state index in [-0.39, 0.29) is 5.69 Å². The van der Waals surface area contributed by atoms with Crippen LogP contribution in [0.1, 0.15) is 16.2 Å². The van der Waals surface area contributed by atoms with Gasteiger partial charge in [-0.2, -0.15) is 10.1 Å². The number of aryl methyl sites for hydroxylation is 1. The second-order valence-electron chi connectivity index (χ2n) is 2.56. The molecule has 0 saturated heterocycles. The van der Waals surface area contributed by atoms with Gasteiger partial charge in [-0.3, -0.25) is 0 Å². The summed E-state index contributed by atoms with van der Waals surface area (Å²) < 4.78 is 1.48. The Kier molecular flexibility index (Phi) is 1.48. The number of aromatic nitrogens is 4. The lowest BCUT2D eigenvalue weighted by Crippen LogP contribution is -2.05. The Morgan fingerprint density at radius 2 is 2.38 bits per heavy atom. The van der Waals surface area contributed by atoms with E-state index in [2.05, 4.69) is 15.1 Å². The van der Waals surface area contributed by atoms with Crippen molar-refractivity contribution < 1.29 is 9.90 Å². The van der Waals surface area contributed by atoms with E-state index in [9.17, 15) is 4.79 Å². The Labute approximate surface area is 72.9 Å². The van der Waals surface area contributed by atoms with Crippen LogP contribution in [0.2, 0.25) is 0 Å². The highest BCUT2D eigenvalue weighted by atomic mass is 16.4. The van der Waals surface area contributed by atoms with Crippen LogP contribution in [-0.2, 0) is 0 Å². The second-order valence-corrected chi connectivity index (χ2v) is 2.56. The predicted molar refractivity (Wildman–Crippen MR) is 42.5 cm³/mol. The van der Waals surface area contributed by atoms with Crippen molar-refractivity contribution in [3.63, 3.8) is 0 Å². The molecule has 0 aliphatic rings. The van der Waals surface area contributed by atoms with Crippen molar-refractivity contribution in [2.45, 2.75) is 6.92 Å². The zero-order valence-corrected chi connectivity index (χ0v) is 6.80. The molecular formula is C7H6N4O2. The summed E-state index contributed by atoms with van der Waals surface area (Å²) in [6.07, 6.45) is 1.33. The average molecular weight is 178 g/mol. The molecule has 66 valence electrons. The van der Waals surface area contributed by atoms with E-state index in [4.69, 9.17) is 5.11 Å². The summed E-state index contributed by atoms with van der Waals surface area (Å²) in [5, 5.41) is 12.6. The highest BCUT2D eigenvalue weighted by molar-refractivity contribution is 5.85. The van der Waals surface area contributed by atoms with E-state index in [1.807, 2.05) is 0 Å². The Morgan fingerprint density at radius 1 is 1.62 bits per heavy atom. The largest absolute Gasteiger partial charge is 0.477 e. The van der Waals surface area contributed by atoms with E-state index >= 15 is 0 Å². The van der Waals surface area contributed by atoms with Crippen molar-refractivity contribution >= 4 is 11.7 Å². The van der Waals surface area contributed by atoms with Crippen molar-refractivity contribution in [3.05, 3.63) is 23.8 Å². The van der Waals surface area contributed by atoms with Gasteiger partial charge in [0.25, 0.3) is 5.78 Å². The minimum Gasteiger partial charge on any atom is -0.477 e. The molecule has 0 atom stereocenters. The minimum absolute atomic E-state index is 0.0157. The van der Waals surface area contributed by atoms with Gasteiger partial charge in [0.2, 0.25) is 0 Å². The number of hydrogen-bond acceptors (Lipinski definition) is 4. The topological polar surface area (TPSA) is 80.4 Å². The molecule has 6 nitrogen and oxygen atoms in total. The van der Waals surface area contributed by atoms with Crippen LogP contribution in [0.5, 0.6) is 0 Å². The summed E-state index contributed by atoms with van der Waals surface area (Å²) in [4.78, 5) is 18.2. The first-order chi connectivity index (χ1) is 6.18. The molecule has 0 amide bonds. The molecule has 0 saturated carbocycles. The summed E-state index contributed by atoms with van der Waals surface area (Å²) in [6.45, 7) is 1.75. The molecule has 0 unspecified atom stereocenters. The summed E-state index contributed by atoms with van der Waals surface area (Å²) in [5.41, 5.74) is 0.679. The van der Waals surface area contributed by atoms with Crippen LogP contribution < -0.4 is 0 Å². The third kappa shape index (κ3) is 1.12. The molecule has 2 heterocycles. The lowest BCUT2D eigenvalue weighted by atomic mass is 10.3. The van der Waals surface area contributed by atoms with Crippen LogP contribution >= 0.6 is 0 Å². The van der Waals surface area contributed by atoms with E-state index in [1.165, 1.54) is 16.9 Å². The SMILES string of the molecule is Cc1cc(C(=O)O)nc2ncnn12. The molecule has 0 aliphatic carbocycles. The zero-order valence-electron chi connectivity index (χ0n) is 6.80. The van der Waals surface area contributed by atoms with Crippen molar-refractivity contribution in [2.24, 2.45) is 0 Å². The molecule has 0 aliphatic heterocycles. The Bertz CT molecular complexity index is 476. The number of rotatable bonds is 1. The summed E-state index contributed by atoms with van der Waals surface area (Å²) in [7, 11) is 0. The number of aromatic carboxylic acids is 1. The second kappa shape index (κ2) is 2.51. The Hall–Kier alpha value is -1.98. The molecule has 6 heteroatoms. The van der Waals surface area contributed by atoms with Crippen LogP contribution in [0.15, 0.2) is 12.4 Å². The third-order valence-electron chi connectivity index (χ3n) is 1.65. The Balaban J connectivity index is 2.77. The monoisotopic (exact) mass is 178 g/mol. The highest BCUT2D eigenvalue weighted by Crippen LogP contribution is 2.03. The fraction of sp³-hybridized carbons (Fsp3) is 0.143. The van der Waals surface area contributed by atoms with Gasteiger partial charge in [0, 0.05) is 5.69 Å². The van der Waals surface area contributed by atoms with Gasteiger partial charge < -0.3 is 5.11 Å². The van der Waals surface area contributed by atoms with Gasteiger partial charge in [0.05, 0.1) is 0 Å². The molecule has 2 aromatic heterocycles. The molecule has 1 N–H and O–H groups in total. The fourth-order valence-corrected chi connectivity index (χ4v) is 1.07. The van der Waals surface area contributed by atoms with E-state index in [1.54, 1.807) is 6.92 Å². The molecule has 2 rings (SSSR count). The maximum atomic E-state index is 10.6. The molecule has 13 heavy (non-hydrogen) atoms. The van der Waals surface area contributed by atoms with Crippen molar-refractivity contribution in [1.82, 2.24) is 19.6 Å². The van der Waals surface area contributed by atoms with Gasteiger partial charge in [-0.05, 0) is 13.0 Å². The van der Waals surface area contributed by atoms with E-state index < -0.39 is 5.97 Å². The number of hydrogen-bond donors (Lipinski definition) is 1. The molecule has 0 spiro atoms. The predicted octanol–water partition coefficient (Wildman–Crippen LogP) is 0.131. The van der Waals surface area contributed by atoms with Gasteiger partial charge in [0.15, 0.2) is 5.69 Å². The standard InChI is InChI=1S/C7H6N4O2/c1-4-2-5(6(12)13)10-7-8-3-9-11(4)7/h2-3H,1H3,(H,12,13). The van der Waals surface area contributed by atoms with Crippen LogP contribution in [0, 0.1) is 6.92 Å². The zero-order chi connectivity index (χ0) is 9.42. The first-order valence-electron chi connectivity index (χ1n) is 3.59. The number of carbonyl (C=O) groups is 1. The van der Waals surface area contributed by atoms with Crippen molar-refractivity contribution in [2.75, 3.05) is 0 Å². The maximum Gasteiger partial charge on any atom is 0.354 e. The van der Waals surface area contributed by atoms with E-state index in [0.717, 1.165) is 0 Å². The average Bonchev–Trinajstić information content (AvgIpc) is 2.51. The number of nitrogens with zero attached hydrogens (tertiary/aromatic N) is 4. The summed E-state index contributed by atoms with van der Waals surface area (Å²) >= 11 is 0. The quantitative estimate of drug-likeness (QED) is 0.671. The Morgan fingerprint density at radius 3 is 3.08 bits per heavy atom. The first kappa shape index (κ1) is 7.66. The third-order valence-corrected chi connectivity index (χ3v) is 1.65. The molecule has 0 radical (unpaired) electrons. The molecular weight excluding hydrogens is 172 g/mol. The van der Waals surface area contributed by atoms with Crippen LogP contribution in [0.4, 0.5) is 0 Å². The van der Waals surface area contributed by atoms with Crippen LogP contribution in [-0.4, -0.2) is 30.7 Å². The lowest BCUT2D eigenvalue weighted by Gasteiger charge is -1.98.